The quantitative estimate of drug-likeness (QED) is 0.838. The summed E-state index contributed by atoms with van der Waals surface area (Å²) >= 11 is 5.72. The first-order valence-corrected chi connectivity index (χ1v) is 5.27. The largest absolute Gasteiger partial charge is 0.481 e. The Hall–Kier alpha value is -1.29. The van der Waals surface area contributed by atoms with Crippen molar-refractivity contribution in [3.8, 4) is 0 Å². The van der Waals surface area contributed by atoms with Gasteiger partial charge < -0.3 is 10.4 Å². The molecule has 0 aromatic heterocycles. The zero-order chi connectivity index (χ0) is 12.1. The van der Waals surface area contributed by atoms with Crippen molar-refractivity contribution in [3.05, 3.63) is 29.0 Å². The number of carboxylic acid groups (broad SMARTS) is 1. The van der Waals surface area contributed by atoms with E-state index in [1.54, 1.807) is 6.92 Å². The van der Waals surface area contributed by atoms with Gasteiger partial charge in [-0.3, -0.25) is 4.79 Å². The minimum atomic E-state index is -0.860. The van der Waals surface area contributed by atoms with E-state index in [1.165, 1.54) is 18.2 Å². The van der Waals surface area contributed by atoms with Gasteiger partial charge in [0.2, 0.25) is 0 Å². The number of rotatable bonds is 5. The molecule has 16 heavy (non-hydrogen) atoms. The average Bonchev–Trinajstić information content (AvgIpc) is 2.18. The molecule has 1 aromatic carbocycles. The first-order chi connectivity index (χ1) is 7.49. The first-order valence-electron chi connectivity index (χ1n) is 4.89. The smallest absolute Gasteiger partial charge is 0.303 e. The van der Waals surface area contributed by atoms with Gasteiger partial charge in [0, 0.05) is 18.0 Å². The fourth-order valence-corrected chi connectivity index (χ4v) is 1.46. The van der Waals surface area contributed by atoms with E-state index >= 15 is 0 Å². The van der Waals surface area contributed by atoms with Crippen molar-refractivity contribution in [2.45, 2.75) is 13.3 Å². The van der Waals surface area contributed by atoms with Crippen LogP contribution in [0.15, 0.2) is 18.2 Å². The number of benzene rings is 1. The molecule has 0 aliphatic heterocycles. The van der Waals surface area contributed by atoms with Gasteiger partial charge in [-0.1, -0.05) is 18.5 Å². The highest BCUT2D eigenvalue weighted by Crippen LogP contribution is 2.19. The molecule has 1 rings (SSSR count). The van der Waals surface area contributed by atoms with Crippen molar-refractivity contribution in [1.82, 2.24) is 0 Å². The summed E-state index contributed by atoms with van der Waals surface area (Å²) in [6, 6.07) is 4.21. The fourth-order valence-electron chi connectivity index (χ4n) is 1.29. The number of aliphatic carboxylic acids is 1. The Bertz CT molecular complexity index is 384. The maximum absolute atomic E-state index is 13.2. The van der Waals surface area contributed by atoms with Gasteiger partial charge in [0.25, 0.3) is 0 Å². The highest BCUT2D eigenvalue weighted by atomic mass is 35.5. The molecule has 0 aliphatic carbocycles. The van der Waals surface area contributed by atoms with Crippen molar-refractivity contribution in [2.24, 2.45) is 5.92 Å². The monoisotopic (exact) mass is 245 g/mol. The second-order valence-electron chi connectivity index (χ2n) is 3.71. The second-order valence-corrected chi connectivity index (χ2v) is 4.14. The van der Waals surface area contributed by atoms with Gasteiger partial charge >= 0.3 is 5.97 Å². The average molecular weight is 246 g/mol. The van der Waals surface area contributed by atoms with Gasteiger partial charge in [0.1, 0.15) is 5.82 Å². The SMILES string of the molecule is CC(CNc1cc(Cl)ccc1F)CC(=O)O. The number of hydrogen-bond donors (Lipinski definition) is 2. The predicted octanol–water partition coefficient (Wildman–Crippen LogP) is 3.00. The Morgan fingerprint density at radius 2 is 2.31 bits per heavy atom. The summed E-state index contributed by atoms with van der Waals surface area (Å²) in [4.78, 5) is 10.4. The normalized spacial score (nSPS) is 12.2. The number of nitrogens with one attached hydrogen (secondary N) is 1. The lowest BCUT2D eigenvalue weighted by Gasteiger charge is -2.12. The molecule has 0 saturated heterocycles. The van der Waals surface area contributed by atoms with Crippen LogP contribution in [0.1, 0.15) is 13.3 Å². The molecule has 0 spiro atoms. The van der Waals surface area contributed by atoms with E-state index in [-0.39, 0.29) is 12.3 Å². The highest BCUT2D eigenvalue weighted by Gasteiger charge is 2.09. The van der Waals surface area contributed by atoms with Crippen LogP contribution in [0.5, 0.6) is 0 Å². The Morgan fingerprint density at radius 1 is 1.62 bits per heavy atom. The van der Waals surface area contributed by atoms with E-state index in [2.05, 4.69) is 5.32 Å². The highest BCUT2D eigenvalue weighted by molar-refractivity contribution is 6.30. The lowest BCUT2D eigenvalue weighted by atomic mass is 10.1. The molecule has 0 bridgehead atoms. The van der Waals surface area contributed by atoms with Gasteiger partial charge in [-0.2, -0.15) is 0 Å². The standard InChI is InChI=1S/C11H13ClFNO2/c1-7(4-11(15)16)6-14-10-5-8(12)2-3-9(10)13/h2-3,5,7,14H,4,6H2,1H3,(H,15,16). The summed E-state index contributed by atoms with van der Waals surface area (Å²) < 4.78 is 13.2. The lowest BCUT2D eigenvalue weighted by molar-refractivity contribution is -0.137. The molecular formula is C11H13ClFNO2. The van der Waals surface area contributed by atoms with Gasteiger partial charge in [-0.25, -0.2) is 4.39 Å². The molecule has 0 heterocycles. The van der Waals surface area contributed by atoms with Crippen molar-refractivity contribution >= 4 is 23.3 Å². The Morgan fingerprint density at radius 3 is 2.94 bits per heavy atom. The van der Waals surface area contributed by atoms with Crippen molar-refractivity contribution in [3.63, 3.8) is 0 Å². The summed E-state index contributed by atoms with van der Waals surface area (Å²) in [6.07, 6.45) is 0.0508. The molecule has 0 amide bonds. The lowest BCUT2D eigenvalue weighted by Crippen LogP contribution is -2.15. The van der Waals surface area contributed by atoms with E-state index in [0.717, 1.165) is 0 Å². The van der Waals surface area contributed by atoms with Crippen molar-refractivity contribution < 1.29 is 14.3 Å². The maximum Gasteiger partial charge on any atom is 0.303 e. The third-order valence-electron chi connectivity index (χ3n) is 2.09. The van der Waals surface area contributed by atoms with E-state index in [9.17, 15) is 9.18 Å². The van der Waals surface area contributed by atoms with Crippen molar-refractivity contribution in [1.29, 1.82) is 0 Å². The van der Waals surface area contributed by atoms with Crippen LogP contribution in [0.3, 0.4) is 0 Å². The summed E-state index contributed by atoms with van der Waals surface area (Å²) in [5.74, 6) is -1.33. The molecule has 3 nitrogen and oxygen atoms in total. The van der Waals surface area contributed by atoms with Gasteiger partial charge in [-0.05, 0) is 24.1 Å². The number of halogens is 2. The number of hydrogen-bond acceptors (Lipinski definition) is 2. The van der Waals surface area contributed by atoms with Crippen LogP contribution in [-0.4, -0.2) is 17.6 Å². The minimum Gasteiger partial charge on any atom is -0.481 e. The van der Waals surface area contributed by atoms with Crippen LogP contribution in [0.2, 0.25) is 5.02 Å². The molecule has 0 fully saturated rings. The fraction of sp³-hybridized carbons (Fsp3) is 0.364. The number of carbonyl (C=O) groups is 1. The Kier molecular flexibility index (Phi) is 4.55. The maximum atomic E-state index is 13.2. The second kappa shape index (κ2) is 5.70. The molecule has 0 radical (unpaired) electrons. The summed E-state index contributed by atoms with van der Waals surface area (Å²) in [5, 5.41) is 11.8. The Labute approximate surface area is 98.2 Å². The van der Waals surface area contributed by atoms with Crippen LogP contribution in [0.25, 0.3) is 0 Å². The molecule has 1 aromatic rings. The third-order valence-corrected chi connectivity index (χ3v) is 2.33. The van der Waals surface area contributed by atoms with Crippen molar-refractivity contribution in [2.75, 3.05) is 11.9 Å². The van der Waals surface area contributed by atoms with E-state index in [1.807, 2.05) is 0 Å². The molecule has 0 saturated carbocycles. The zero-order valence-corrected chi connectivity index (χ0v) is 9.59. The molecule has 88 valence electrons. The molecule has 1 atom stereocenters. The number of anilines is 1. The van der Waals surface area contributed by atoms with Gasteiger partial charge in [0.05, 0.1) is 5.69 Å². The third kappa shape index (κ3) is 4.06. The summed E-state index contributed by atoms with van der Waals surface area (Å²) in [7, 11) is 0. The molecule has 2 N–H and O–H groups in total. The van der Waals surface area contributed by atoms with Gasteiger partial charge in [-0.15, -0.1) is 0 Å². The number of carboxylic acids is 1. The molecule has 1 unspecified atom stereocenters. The predicted molar refractivity (Wildman–Crippen MR) is 61.3 cm³/mol. The van der Waals surface area contributed by atoms with Crippen LogP contribution in [0.4, 0.5) is 10.1 Å². The van der Waals surface area contributed by atoms with Crippen LogP contribution < -0.4 is 5.32 Å². The topological polar surface area (TPSA) is 49.3 Å². The van der Waals surface area contributed by atoms with Crippen LogP contribution in [0, 0.1) is 11.7 Å². The van der Waals surface area contributed by atoms with E-state index in [0.29, 0.717) is 17.3 Å². The minimum absolute atomic E-state index is 0.0508. The van der Waals surface area contributed by atoms with E-state index < -0.39 is 11.8 Å². The van der Waals surface area contributed by atoms with Crippen LogP contribution in [-0.2, 0) is 4.79 Å². The summed E-state index contributed by atoms with van der Waals surface area (Å²) in [5.41, 5.74) is 0.296. The molecule has 5 heteroatoms. The summed E-state index contributed by atoms with van der Waals surface area (Å²) in [6.45, 7) is 2.17. The molecular weight excluding hydrogens is 233 g/mol. The Balaban J connectivity index is 2.54. The van der Waals surface area contributed by atoms with Gasteiger partial charge in [0.15, 0.2) is 0 Å². The molecule has 0 aliphatic rings. The van der Waals surface area contributed by atoms with E-state index in [4.69, 9.17) is 16.7 Å². The zero-order valence-electron chi connectivity index (χ0n) is 8.84. The van der Waals surface area contributed by atoms with Crippen LogP contribution >= 0.6 is 11.6 Å². The first kappa shape index (κ1) is 12.8.